The third kappa shape index (κ3) is 2.16. The van der Waals surface area contributed by atoms with Crippen molar-refractivity contribution >= 4 is 11.4 Å². The summed E-state index contributed by atoms with van der Waals surface area (Å²) in [6, 6.07) is 11.0. The van der Waals surface area contributed by atoms with Gasteiger partial charge in [-0.05, 0) is 48.2 Å². The third-order valence-corrected chi connectivity index (χ3v) is 3.79. The van der Waals surface area contributed by atoms with Gasteiger partial charge in [-0.1, -0.05) is 18.2 Å². The van der Waals surface area contributed by atoms with E-state index in [0.29, 0.717) is 6.54 Å². The molecule has 0 amide bonds. The smallest absolute Gasteiger partial charge is 0.123 e. The Kier molecular flexibility index (Phi) is 2.90. The minimum atomic E-state index is -0.180. The lowest BCUT2D eigenvalue weighted by molar-refractivity contribution is 0.624. The molecule has 1 heterocycles. The number of benzene rings is 2. The number of hydrogen-bond acceptors (Lipinski definition) is 2. The molecule has 0 unspecified atom stereocenters. The van der Waals surface area contributed by atoms with Crippen LogP contribution in [0.4, 0.5) is 15.8 Å². The summed E-state index contributed by atoms with van der Waals surface area (Å²) in [5.41, 5.74) is 11.4. The highest BCUT2D eigenvalue weighted by Gasteiger charge is 2.21. The van der Waals surface area contributed by atoms with E-state index in [1.54, 1.807) is 6.07 Å². The van der Waals surface area contributed by atoms with Gasteiger partial charge in [-0.3, -0.25) is 0 Å². The van der Waals surface area contributed by atoms with Gasteiger partial charge in [-0.2, -0.15) is 0 Å². The van der Waals surface area contributed by atoms with Crippen LogP contribution in [0.2, 0.25) is 0 Å². The molecule has 3 heteroatoms. The van der Waals surface area contributed by atoms with E-state index in [1.165, 1.54) is 11.6 Å². The van der Waals surface area contributed by atoms with Crippen molar-refractivity contribution in [1.82, 2.24) is 0 Å². The highest BCUT2D eigenvalue weighted by molar-refractivity contribution is 5.74. The van der Waals surface area contributed by atoms with E-state index >= 15 is 0 Å². The lowest BCUT2D eigenvalue weighted by atomic mass is 10.1. The van der Waals surface area contributed by atoms with Crippen molar-refractivity contribution in [1.29, 1.82) is 0 Å². The molecule has 0 saturated heterocycles. The minimum absolute atomic E-state index is 0.180. The molecule has 0 fully saturated rings. The Morgan fingerprint density at radius 2 is 2.11 bits per heavy atom. The second-order valence-corrected chi connectivity index (χ2v) is 5.10. The van der Waals surface area contributed by atoms with Crippen LogP contribution in [-0.4, -0.2) is 6.54 Å². The molecule has 2 N–H and O–H groups in total. The van der Waals surface area contributed by atoms with E-state index in [2.05, 4.69) is 11.0 Å². The lowest BCUT2D eigenvalue weighted by Crippen LogP contribution is -2.21. The number of anilines is 2. The molecule has 2 aromatic carbocycles. The fourth-order valence-corrected chi connectivity index (χ4v) is 2.74. The van der Waals surface area contributed by atoms with Crippen LogP contribution in [0.15, 0.2) is 36.4 Å². The second kappa shape index (κ2) is 4.57. The molecule has 0 aromatic heterocycles. The van der Waals surface area contributed by atoms with E-state index in [1.807, 2.05) is 25.1 Å². The van der Waals surface area contributed by atoms with Crippen molar-refractivity contribution in [3.63, 3.8) is 0 Å². The number of rotatable bonds is 2. The Hall–Kier alpha value is -2.03. The van der Waals surface area contributed by atoms with Crippen LogP contribution >= 0.6 is 0 Å². The normalized spacial score (nSPS) is 13.7. The number of halogens is 1. The predicted octanol–water partition coefficient (Wildman–Crippen LogP) is 3.28. The van der Waals surface area contributed by atoms with E-state index in [0.717, 1.165) is 35.5 Å². The molecule has 0 aliphatic carbocycles. The zero-order chi connectivity index (χ0) is 13.4. The SMILES string of the molecule is Cc1ccc(F)cc1CN1CCc2cccc(N)c21. The summed E-state index contributed by atoms with van der Waals surface area (Å²) >= 11 is 0. The van der Waals surface area contributed by atoms with E-state index in [-0.39, 0.29) is 5.82 Å². The molecule has 1 aliphatic rings. The molecule has 2 nitrogen and oxygen atoms in total. The number of aryl methyl sites for hydroxylation is 1. The monoisotopic (exact) mass is 256 g/mol. The van der Waals surface area contributed by atoms with Crippen LogP contribution in [0.5, 0.6) is 0 Å². The minimum Gasteiger partial charge on any atom is -0.397 e. The zero-order valence-electron chi connectivity index (χ0n) is 11.0. The molecule has 0 spiro atoms. The highest BCUT2D eigenvalue weighted by Crippen LogP contribution is 2.34. The maximum absolute atomic E-state index is 13.4. The van der Waals surface area contributed by atoms with Crippen molar-refractivity contribution in [2.75, 3.05) is 17.2 Å². The quantitative estimate of drug-likeness (QED) is 0.835. The van der Waals surface area contributed by atoms with E-state index in [4.69, 9.17) is 5.73 Å². The first-order valence-corrected chi connectivity index (χ1v) is 6.52. The van der Waals surface area contributed by atoms with Gasteiger partial charge in [0.2, 0.25) is 0 Å². The Bertz CT molecular complexity index is 622. The number of nitrogens with zero attached hydrogens (tertiary/aromatic N) is 1. The van der Waals surface area contributed by atoms with Gasteiger partial charge in [0.15, 0.2) is 0 Å². The van der Waals surface area contributed by atoms with Crippen molar-refractivity contribution in [2.24, 2.45) is 0 Å². The molecular weight excluding hydrogens is 239 g/mol. The van der Waals surface area contributed by atoms with Crippen molar-refractivity contribution in [3.8, 4) is 0 Å². The first kappa shape index (κ1) is 12.0. The predicted molar refractivity (Wildman–Crippen MR) is 76.7 cm³/mol. The fourth-order valence-electron chi connectivity index (χ4n) is 2.74. The van der Waals surface area contributed by atoms with Crippen molar-refractivity contribution in [2.45, 2.75) is 19.9 Å². The summed E-state index contributed by atoms with van der Waals surface area (Å²) in [5, 5.41) is 0. The number of hydrogen-bond donors (Lipinski definition) is 1. The summed E-state index contributed by atoms with van der Waals surface area (Å²) in [4.78, 5) is 2.24. The van der Waals surface area contributed by atoms with Gasteiger partial charge in [0.25, 0.3) is 0 Å². The van der Waals surface area contributed by atoms with Crippen LogP contribution in [0.1, 0.15) is 16.7 Å². The first-order chi connectivity index (χ1) is 9.15. The van der Waals surface area contributed by atoms with Crippen LogP contribution in [-0.2, 0) is 13.0 Å². The average Bonchev–Trinajstić information content (AvgIpc) is 2.79. The largest absolute Gasteiger partial charge is 0.397 e. The van der Waals surface area contributed by atoms with E-state index < -0.39 is 0 Å². The summed E-state index contributed by atoms with van der Waals surface area (Å²) in [6.45, 7) is 3.67. The molecular formula is C16H17FN2. The Morgan fingerprint density at radius 3 is 2.95 bits per heavy atom. The lowest BCUT2D eigenvalue weighted by Gasteiger charge is -2.22. The van der Waals surface area contributed by atoms with Gasteiger partial charge >= 0.3 is 0 Å². The molecule has 19 heavy (non-hydrogen) atoms. The molecule has 0 saturated carbocycles. The topological polar surface area (TPSA) is 29.3 Å². The number of para-hydroxylation sites is 1. The number of nitrogen functional groups attached to an aromatic ring is 1. The Morgan fingerprint density at radius 1 is 1.26 bits per heavy atom. The number of nitrogens with two attached hydrogens (primary N) is 1. The molecule has 3 rings (SSSR count). The Balaban J connectivity index is 1.93. The molecule has 0 bridgehead atoms. The van der Waals surface area contributed by atoms with Gasteiger partial charge in [-0.15, -0.1) is 0 Å². The zero-order valence-corrected chi connectivity index (χ0v) is 11.0. The number of fused-ring (bicyclic) bond motifs is 1. The summed E-state index contributed by atoms with van der Waals surface area (Å²) < 4.78 is 13.4. The van der Waals surface area contributed by atoms with Gasteiger partial charge in [0.1, 0.15) is 5.82 Å². The standard InChI is InChI=1S/C16H17FN2/c1-11-5-6-14(17)9-13(11)10-19-8-7-12-3-2-4-15(18)16(12)19/h2-6,9H,7-8,10,18H2,1H3. The maximum Gasteiger partial charge on any atom is 0.123 e. The molecule has 0 atom stereocenters. The maximum atomic E-state index is 13.4. The Labute approximate surface area is 112 Å². The van der Waals surface area contributed by atoms with E-state index in [9.17, 15) is 4.39 Å². The molecule has 2 aromatic rings. The van der Waals surface area contributed by atoms with Crippen LogP contribution in [0.25, 0.3) is 0 Å². The first-order valence-electron chi connectivity index (χ1n) is 6.52. The molecule has 1 aliphatic heterocycles. The van der Waals surface area contributed by atoms with Gasteiger partial charge < -0.3 is 10.6 Å². The van der Waals surface area contributed by atoms with Crippen molar-refractivity contribution < 1.29 is 4.39 Å². The van der Waals surface area contributed by atoms with Gasteiger partial charge in [-0.25, -0.2) is 4.39 Å². The summed E-state index contributed by atoms with van der Waals surface area (Å²) in [6.07, 6.45) is 1.01. The second-order valence-electron chi connectivity index (χ2n) is 5.10. The van der Waals surface area contributed by atoms with Crippen LogP contribution < -0.4 is 10.6 Å². The van der Waals surface area contributed by atoms with Crippen molar-refractivity contribution in [3.05, 3.63) is 58.9 Å². The fraction of sp³-hybridized carbons (Fsp3) is 0.250. The molecule has 98 valence electrons. The van der Waals surface area contributed by atoms with Gasteiger partial charge in [0.05, 0.1) is 11.4 Å². The summed E-state index contributed by atoms with van der Waals surface area (Å²) in [7, 11) is 0. The van der Waals surface area contributed by atoms with Gasteiger partial charge in [0, 0.05) is 13.1 Å². The third-order valence-electron chi connectivity index (χ3n) is 3.79. The highest BCUT2D eigenvalue weighted by atomic mass is 19.1. The summed E-state index contributed by atoms with van der Waals surface area (Å²) in [5.74, 6) is -0.180. The van der Waals surface area contributed by atoms with Crippen LogP contribution in [0, 0.1) is 12.7 Å². The molecule has 0 radical (unpaired) electrons. The van der Waals surface area contributed by atoms with Crippen LogP contribution in [0.3, 0.4) is 0 Å². The average molecular weight is 256 g/mol.